The van der Waals surface area contributed by atoms with Gasteiger partial charge in [0.1, 0.15) is 18.2 Å². The van der Waals surface area contributed by atoms with Gasteiger partial charge in [-0.1, -0.05) is 38.1 Å². The maximum Gasteiger partial charge on any atom is 0.159 e. The van der Waals surface area contributed by atoms with Gasteiger partial charge >= 0.3 is 0 Å². The minimum absolute atomic E-state index is 0.323. The van der Waals surface area contributed by atoms with Crippen LogP contribution in [0.2, 0.25) is 0 Å². The van der Waals surface area contributed by atoms with Crippen molar-refractivity contribution in [2.45, 2.75) is 32.7 Å². The lowest BCUT2D eigenvalue weighted by atomic mass is 10.1. The van der Waals surface area contributed by atoms with E-state index in [4.69, 9.17) is 4.99 Å². The molecule has 0 amide bonds. The summed E-state index contributed by atoms with van der Waals surface area (Å²) in [5.74, 6) is 3.32. The molecule has 0 radical (unpaired) electrons. The minimum Gasteiger partial charge on any atom is -0.352 e. The van der Waals surface area contributed by atoms with Crippen molar-refractivity contribution < 1.29 is 0 Å². The molecule has 0 saturated heterocycles. The Kier molecular flexibility index (Phi) is 3.48. The molecular formula is C18H21N5. The lowest BCUT2D eigenvalue weighted by molar-refractivity contribution is 0.453. The SMILES string of the molecule is CC(C)c1nnc2n1-c1ccccc1C(N1CC=CCC1)=NC2. The maximum atomic E-state index is 4.89. The molecule has 0 bridgehead atoms. The first-order chi connectivity index (χ1) is 11.3. The van der Waals surface area contributed by atoms with Crippen LogP contribution in [0.3, 0.4) is 0 Å². The number of fused-ring (bicyclic) bond motifs is 3. The molecule has 0 spiro atoms. The van der Waals surface area contributed by atoms with Crippen molar-refractivity contribution in [2.24, 2.45) is 4.99 Å². The van der Waals surface area contributed by atoms with Crippen molar-refractivity contribution in [1.29, 1.82) is 0 Å². The fraction of sp³-hybridized carbons (Fsp3) is 0.389. The minimum atomic E-state index is 0.323. The van der Waals surface area contributed by atoms with Gasteiger partial charge in [0.2, 0.25) is 0 Å². The molecule has 0 aliphatic carbocycles. The number of hydrogen-bond acceptors (Lipinski definition) is 4. The van der Waals surface area contributed by atoms with E-state index in [0.717, 1.165) is 42.7 Å². The van der Waals surface area contributed by atoms with Crippen LogP contribution < -0.4 is 0 Å². The van der Waals surface area contributed by atoms with Crippen LogP contribution in [-0.2, 0) is 6.54 Å². The van der Waals surface area contributed by atoms with E-state index < -0.39 is 0 Å². The second-order valence-corrected chi connectivity index (χ2v) is 6.33. The van der Waals surface area contributed by atoms with Gasteiger partial charge in [0.05, 0.1) is 5.69 Å². The van der Waals surface area contributed by atoms with E-state index in [9.17, 15) is 0 Å². The normalized spacial score (nSPS) is 16.8. The molecule has 1 aromatic carbocycles. The summed E-state index contributed by atoms with van der Waals surface area (Å²) < 4.78 is 2.19. The van der Waals surface area contributed by atoms with Crippen LogP contribution in [0.15, 0.2) is 41.4 Å². The molecule has 2 aromatic rings. The summed E-state index contributed by atoms with van der Waals surface area (Å²) in [5.41, 5.74) is 2.31. The van der Waals surface area contributed by atoms with Crippen molar-refractivity contribution in [2.75, 3.05) is 13.1 Å². The van der Waals surface area contributed by atoms with Gasteiger partial charge in [-0.2, -0.15) is 0 Å². The monoisotopic (exact) mass is 307 g/mol. The molecule has 5 heteroatoms. The Morgan fingerprint density at radius 3 is 2.74 bits per heavy atom. The van der Waals surface area contributed by atoms with Crippen molar-refractivity contribution in [1.82, 2.24) is 19.7 Å². The van der Waals surface area contributed by atoms with Gasteiger partial charge in [0.25, 0.3) is 0 Å². The quantitative estimate of drug-likeness (QED) is 0.761. The summed E-state index contributed by atoms with van der Waals surface area (Å²) in [6, 6.07) is 8.46. The zero-order valence-electron chi connectivity index (χ0n) is 13.6. The van der Waals surface area contributed by atoms with Gasteiger partial charge in [-0.3, -0.25) is 9.56 Å². The average molecular weight is 307 g/mol. The van der Waals surface area contributed by atoms with Crippen molar-refractivity contribution in [3.8, 4) is 5.69 Å². The summed E-state index contributed by atoms with van der Waals surface area (Å²) in [4.78, 5) is 7.24. The molecule has 3 heterocycles. The lowest BCUT2D eigenvalue weighted by Crippen LogP contribution is -2.34. The molecule has 0 atom stereocenters. The van der Waals surface area contributed by atoms with E-state index in [1.165, 1.54) is 5.56 Å². The molecule has 0 N–H and O–H groups in total. The Morgan fingerprint density at radius 1 is 1.09 bits per heavy atom. The Hall–Kier alpha value is -2.43. The Labute approximate surface area is 136 Å². The maximum absolute atomic E-state index is 4.89. The third-order valence-electron chi connectivity index (χ3n) is 4.39. The molecule has 0 fully saturated rings. The van der Waals surface area contributed by atoms with E-state index in [1.807, 2.05) is 0 Å². The molecule has 4 rings (SSSR count). The molecule has 1 aromatic heterocycles. The van der Waals surface area contributed by atoms with Gasteiger partial charge in [0.15, 0.2) is 5.82 Å². The van der Waals surface area contributed by atoms with Crippen LogP contribution in [0.1, 0.15) is 43.4 Å². The summed E-state index contributed by atoms with van der Waals surface area (Å²) in [6.45, 7) is 6.82. The van der Waals surface area contributed by atoms with Crippen molar-refractivity contribution in [3.05, 3.63) is 53.6 Å². The highest BCUT2D eigenvalue weighted by Gasteiger charge is 2.25. The van der Waals surface area contributed by atoms with Gasteiger partial charge in [-0.25, -0.2) is 0 Å². The van der Waals surface area contributed by atoms with Gasteiger partial charge < -0.3 is 4.90 Å². The molecule has 2 aliphatic heterocycles. The van der Waals surface area contributed by atoms with E-state index in [-0.39, 0.29) is 0 Å². The van der Waals surface area contributed by atoms with Crippen molar-refractivity contribution in [3.63, 3.8) is 0 Å². The van der Waals surface area contributed by atoms with E-state index >= 15 is 0 Å². The standard InChI is InChI=1S/C18H21N5/c1-13(2)17-21-20-16-12-19-18(22-10-6-3-7-11-22)14-8-4-5-9-15(14)23(16)17/h3-6,8-9,13H,7,10-12H2,1-2H3. The van der Waals surface area contributed by atoms with E-state index in [2.05, 4.69) is 69.9 Å². The first-order valence-corrected chi connectivity index (χ1v) is 8.24. The number of rotatable bonds is 1. The van der Waals surface area contributed by atoms with Gasteiger partial charge in [-0.05, 0) is 18.6 Å². The van der Waals surface area contributed by atoms with E-state index in [1.54, 1.807) is 0 Å². The Morgan fingerprint density at radius 2 is 1.96 bits per heavy atom. The number of nitrogens with zero attached hydrogens (tertiary/aromatic N) is 5. The summed E-state index contributed by atoms with van der Waals surface area (Å²) >= 11 is 0. The largest absolute Gasteiger partial charge is 0.352 e. The van der Waals surface area contributed by atoms with Crippen LogP contribution in [0, 0.1) is 0 Å². The lowest BCUT2D eigenvalue weighted by Gasteiger charge is -2.27. The van der Waals surface area contributed by atoms with Crippen LogP contribution in [0.25, 0.3) is 5.69 Å². The van der Waals surface area contributed by atoms with Gasteiger partial charge in [-0.15, -0.1) is 10.2 Å². The highest BCUT2D eigenvalue weighted by Crippen LogP contribution is 2.27. The van der Waals surface area contributed by atoms with Crippen LogP contribution in [0.4, 0.5) is 0 Å². The first-order valence-electron chi connectivity index (χ1n) is 8.24. The molecule has 23 heavy (non-hydrogen) atoms. The summed E-state index contributed by atoms with van der Waals surface area (Å²) in [5, 5.41) is 8.78. The molecule has 0 saturated carbocycles. The Balaban J connectivity index is 1.87. The zero-order chi connectivity index (χ0) is 15.8. The third kappa shape index (κ3) is 2.36. The number of para-hydroxylation sites is 1. The zero-order valence-corrected chi connectivity index (χ0v) is 13.6. The highest BCUT2D eigenvalue weighted by molar-refractivity contribution is 6.02. The second kappa shape index (κ2) is 5.65. The van der Waals surface area contributed by atoms with Crippen LogP contribution >= 0.6 is 0 Å². The fourth-order valence-electron chi connectivity index (χ4n) is 3.26. The van der Waals surface area contributed by atoms with Crippen molar-refractivity contribution >= 4 is 5.84 Å². The summed E-state index contributed by atoms with van der Waals surface area (Å²) in [7, 11) is 0. The molecule has 0 unspecified atom stereocenters. The first kappa shape index (κ1) is 14.2. The number of aliphatic imine (C=N–C) groups is 1. The Bertz CT molecular complexity index is 784. The highest BCUT2D eigenvalue weighted by atomic mass is 15.3. The predicted octanol–water partition coefficient (Wildman–Crippen LogP) is 2.91. The predicted molar refractivity (Wildman–Crippen MR) is 91.0 cm³/mol. The fourth-order valence-corrected chi connectivity index (χ4v) is 3.26. The topological polar surface area (TPSA) is 46.3 Å². The second-order valence-electron chi connectivity index (χ2n) is 6.33. The molecular weight excluding hydrogens is 286 g/mol. The molecule has 2 aliphatic rings. The van der Waals surface area contributed by atoms with Crippen LogP contribution in [0.5, 0.6) is 0 Å². The average Bonchev–Trinajstić information content (AvgIpc) is 2.94. The van der Waals surface area contributed by atoms with Gasteiger partial charge in [0, 0.05) is 24.6 Å². The number of hydrogen-bond donors (Lipinski definition) is 0. The van der Waals surface area contributed by atoms with Crippen LogP contribution in [-0.4, -0.2) is 38.6 Å². The number of benzene rings is 1. The number of amidine groups is 1. The van der Waals surface area contributed by atoms with E-state index in [0.29, 0.717) is 12.5 Å². The summed E-state index contributed by atoms with van der Waals surface area (Å²) in [6.07, 6.45) is 5.54. The molecule has 118 valence electrons. The third-order valence-corrected chi connectivity index (χ3v) is 4.39. The molecule has 5 nitrogen and oxygen atoms in total. The number of aromatic nitrogens is 3. The smallest absolute Gasteiger partial charge is 0.159 e.